The Bertz CT molecular complexity index is 3570. The largest absolute Gasteiger partial charge is 0.317 e. The van der Waals surface area contributed by atoms with Crippen LogP contribution in [-0.4, -0.2) is 24.1 Å². The highest BCUT2D eigenvalue weighted by Crippen LogP contribution is 2.43. The van der Waals surface area contributed by atoms with Crippen molar-refractivity contribution in [2.24, 2.45) is 0 Å². The summed E-state index contributed by atoms with van der Waals surface area (Å²) in [4.78, 5) is 14.0. The predicted octanol–water partition coefficient (Wildman–Crippen LogP) is 16.5. The Morgan fingerprint density at radius 2 is 0.643 bits per heavy atom. The summed E-state index contributed by atoms with van der Waals surface area (Å²) in [6, 6.07) is 86.3. The molecule has 5 nitrogen and oxygen atoms in total. The average Bonchev–Trinajstić information content (AvgIpc) is 4.16. The molecule has 12 aromatic rings. The fourth-order valence-corrected chi connectivity index (χ4v) is 9.57. The van der Waals surface area contributed by atoms with Crippen LogP contribution < -0.4 is 0 Å². The van der Waals surface area contributed by atoms with Gasteiger partial charge < -0.3 is 9.13 Å². The fourth-order valence-electron chi connectivity index (χ4n) is 9.57. The van der Waals surface area contributed by atoms with E-state index < -0.39 is 0 Å². The van der Waals surface area contributed by atoms with Crippen molar-refractivity contribution in [2.45, 2.75) is 0 Å². The van der Waals surface area contributed by atoms with Crippen molar-refractivity contribution in [1.82, 2.24) is 24.1 Å². The number of hydrogen-bond donors (Lipinski definition) is 0. The first-order valence-corrected chi connectivity index (χ1v) is 23.6. The maximum absolute atomic E-state index is 4.76. The van der Waals surface area contributed by atoms with Gasteiger partial charge in [0.1, 0.15) is 0 Å². The van der Waals surface area contributed by atoms with Crippen LogP contribution in [0, 0.1) is 0 Å². The molecule has 0 aliphatic rings. The van der Waals surface area contributed by atoms with Crippen LogP contribution in [-0.2, 0) is 0 Å². The predicted molar refractivity (Wildman–Crippen MR) is 287 cm³/mol. The van der Waals surface area contributed by atoms with Gasteiger partial charge in [-0.2, -0.15) is 0 Å². The highest BCUT2D eigenvalue weighted by Gasteiger charge is 2.19. The average molecular weight is 896 g/mol. The van der Waals surface area contributed by atoms with Crippen molar-refractivity contribution in [3.63, 3.8) is 0 Å². The van der Waals surface area contributed by atoms with Gasteiger partial charge in [-0.1, -0.05) is 133 Å². The van der Waals surface area contributed by atoms with Gasteiger partial charge in [-0.05, 0) is 165 Å². The second-order valence-electron chi connectivity index (χ2n) is 17.3. The summed E-state index contributed by atoms with van der Waals surface area (Å²) in [7, 11) is 0. The molecule has 0 fully saturated rings. The maximum Gasteiger partial charge on any atom is 0.0702 e. The van der Waals surface area contributed by atoms with Crippen LogP contribution >= 0.6 is 0 Å². The Balaban J connectivity index is 1.01. The molecule has 0 aliphatic carbocycles. The number of nitrogens with zero attached hydrogens (tertiary/aromatic N) is 5. The first kappa shape index (κ1) is 41.9. The zero-order chi connectivity index (χ0) is 46.6. The van der Waals surface area contributed by atoms with Crippen LogP contribution in [0.5, 0.6) is 0 Å². The third-order valence-corrected chi connectivity index (χ3v) is 13.0. The van der Waals surface area contributed by atoms with E-state index in [2.05, 4.69) is 226 Å². The Hall–Kier alpha value is -9.45. The molecule has 0 saturated carbocycles. The van der Waals surface area contributed by atoms with E-state index in [-0.39, 0.29) is 0 Å². The van der Waals surface area contributed by atoms with Crippen molar-refractivity contribution in [3.8, 4) is 112 Å². The lowest BCUT2D eigenvalue weighted by Crippen LogP contribution is -1.99. The van der Waals surface area contributed by atoms with Crippen molar-refractivity contribution < 1.29 is 0 Å². The lowest BCUT2D eigenvalue weighted by atomic mass is 9.86. The Kier molecular flexibility index (Phi) is 11.2. The summed E-state index contributed by atoms with van der Waals surface area (Å²) in [5.74, 6) is 0. The molecule has 70 heavy (non-hydrogen) atoms. The minimum atomic E-state index is 0.936. The van der Waals surface area contributed by atoms with Crippen LogP contribution in [0.15, 0.2) is 274 Å². The number of benzene rings is 7. The molecular weight excluding hydrogens is 851 g/mol. The van der Waals surface area contributed by atoms with E-state index in [0.29, 0.717) is 0 Å². The van der Waals surface area contributed by atoms with Gasteiger partial charge in [0.2, 0.25) is 0 Å². The molecule has 0 saturated heterocycles. The van der Waals surface area contributed by atoms with E-state index in [0.717, 1.165) is 101 Å². The third-order valence-electron chi connectivity index (χ3n) is 13.0. The summed E-state index contributed by atoms with van der Waals surface area (Å²) in [6.45, 7) is 0. The summed E-state index contributed by atoms with van der Waals surface area (Å²) in [5.41, 5.74) is 21.7. The van der Waals surface area contributed by atoms with Crippen molar-refractivity contribution >= 4 is 0 Å². The second kappa shape index (κ2) is 18.7. The van der Waals surface area contributed by atoms with Crippen LogP contribution in [0.25, 0.3) is 112 Å². The van der Waals surface area contributed by atoms with Crippen LogP contribution in [0.2, 0.25) is 0 Å². The third kappa shape index (κ3) is 8.33. The van der Waals surface area contributed by atoms with Gasteiger partial charge in [-0.15, -0.1) is 0 Å². The highest BCUT2D eigenvalue weighted by molar-refractivity contribution is 5.95. The second-order valence-corrected chi connectivity index (χ2v) is 17.3. The molecular formula is C65H45N5. The van der Waals surface area contributed by atoms with Crippen molar-refractivity contribution in [3.05, 3.63) is 274 Å². The van der Waals surface area contributed by atoms with E-state index in [1.54, 1.807) is 0 Å². The number of rotatable bonds is 11. The molecule has 0 radical (unpaired) electrons. The molecule has 5 aromatic heterocycles. The van der Waals surface area contributed by atoms with Crippen LogP contribution in [0.1, 0.15) is 0 Å². The summed E-state index contributed by atoms with van der Waals surface area (Å²) in [6.07, 6.45) is 9.83. The standard InChI is InChI=1S/C65H45N5/c1-2-14-46(15-3-1)47-23-25-48(26-24-47)60-45-51(63-20-8-11-39-68-63)31-36-59(60)58-17-5-4-16-57(58)52-42-53(64-21-12-40-69(64)55-32-27-49(28-33-55)61-18-6-9-37-66-61)44-54(43-52)65-22-13-41-70(65)56-34-29-50(30-35-56)62-19-7-10-38-67-62/h1-45H. The van der Waals surface area contributed by atoms with Gasteiger partial charge in [0.15, 0.2) is 0 Å². The molecule has 0 amide bonds. The summed E-state index contributed by atoms with van der Waals surface area (Å²) in [5, 5.41) is 0. The molecule has 0 bridgehead atoms. The number of aromatic nitrogens is 5. The number of hydrogen-bond acceptors (Lipinski definition) is 3. The molecule has 5 heterocycles. The molecule has 0 unspecified atom stereocenters. The molecule has 12 rings (SSSR count). The fraction of sp³-hybridized carbons (Fsp3) is 0. The van der Waals surface area contributed by atoms with Gasteiger partial charge in [0.25, 0.3) is 0 Å². The van der Waals surface area contributed by atoms with Crippen molar-refractivity contribution in [1.29, 1.82) is 0 Å². The minimum Gasteiger partial charge on any atom is -0.317 e. The Morgan fingerprint density at radius 3 is 1.17 bits per heavy atom. The van der Waals surface area contributed by atoms with Crippen LogP contribution in [0.4, 0.5) is 0 Å². The van der Waals surface area contributed by atoms with E-state index in [9.17, 15) is 0 Å². The van der Waals surface area contributed by atoms with E-state index in [4.69, 9.17) is 4.98 Å². The van der Waals surface area contributed by atoms with Crippen molar-refractivity contribution in [2.75, 3.05) is 0 Å². The van der Waals surface area contributed by atoms with E-state index >= 15 is 0 Å². The zero-order valence-corrected chi connectivity index (χ0v) is 38.2. The molecule has 5 heteroatoms. The summed E-state index contributed by atoms with van der Waals surface area (Å²) < 4.78 is 4.56. The SMILES string of the molecule is c1ccc(-c2ccc(-c3cc(-c4ccccn4)ccc3-c3ccccc3-c3cc(-c4cccn4-c4ccc(-c5ccccn5)cc4)cc(-c4cccn4-c4ccc(-c5ccccn5)cc4)c3)cc2)cc1. The van der Waals surface area contributed by atoms with Crippen LogP contribution in [0.3, 0.4) is 0 Å². The Labute approximate surface area is 408 Å². The number of pyridine rings is 3. The quantitative estimate of drug-likeness (QED) is 0.130. The molecule has 7 aromatic carbocycles. The normalized spacial score (nSPS) is 11.1. The van der Waals surface area contributed by atoms with Gasteiger partial charge >= 0.3 is 0 Å². The van der Waals surface area contributed by atoms with Gasteiger partial charge in [-0.3, -0.25) is 15.0 Å². The molecule has 0 spiro atoms. The summed E-state index contributed by atoms with van der Waals surface area (Å²) >= 11 is 0. The maximum atomic E-state index is 4.76. The molecule has 330 valence electrons. The van der Waals surface area contributed by atoms with Gasteiger partial charge in [0, 0.05) is 59.0 Å². The van der Waals surface area contributed by atoms with Gasteiger partial charge in [0.05, 0.1) is 28.5 Å². The zero-order valence-electron chi connectivity index (χ0n) is 38.2. The topological polar surface area (TPSA) is 48.5 Å². The lowest BCUT2D eigenvalue weighted by molar-refractivity contribution is 1.08. The first-order valence-electron chi connectivity index (χ1n) is 23.6. The first-order chi connectivity index (χ1) is 34.7. The lowest BCUT2D eigenvalue weighted by Gasteiger charge is -2.19. The minimum absolute atomic E-state index is 0.936. The smallest absolute Gasteiger partial charge is 0.0702 e. The monoisotopic (exact) mass is 895 g/mol. The van der Waals surface area contributed by atoms with E-state index in [1.165, 1.54) is 11.1 Å². The van der Waals surface area contributed by atoms with E-state index in [1.807, 2.05) is 67.1 Å². The molecule has 0 N–H and O–H groups in total. The molecule has 0 aliphatic heterocycles. The van der Waals surface area contributed by atoms with Gasteiger partial charge in [-0.25, -0.2) is 0 Å². The molecule has 0 atom stereocenters. The highest BCUT2D eigenvalue weighted by atomic mass is 15.0. The Morgan fingerprint density at radius 1 is 0.229 bits per heavy atom.